The second-order valence-corrected chi connectivity index (χ2v) is 7.25. The Morgan fingerprint density at radius 1 is 1.19 bits per heavy atom. The molecule has 3 rings (SSSR count). The second kappa shape index (κ2) is 12.6. The first-order chi connectivity index (χ1) is 14.6. The lowest BCUT2D eigenvalue weighted by Gasteiger charge is -2.21. The number of guanidine groups is 1. The number of halogens is 1. The number of benzene rings is 2. The summed E-state index contributed by atoms with van der Waals surface area (Å²) >= 11 is 0. The van der Waals surface area contributed by atoms with E-state index in [-0.39, 0.29) is 30.5 Å². The van der Waals surface area contributed by atoms with Crippen LogP contribution in [-0.4, -0.2) is 57.5 Å². The molecule has 3 N–H and O–H groups in total. The van der Waals surface area contributed by atoms with Crippen LogP contribution in [0.2, 0.25) is 0 Å². The van der Waals surface area contributed by atoms with E-state index in [9.17, 15) is 5.11 Å². The summed E-state index contributed by atoms with van der Waals surface area (Å²) in [6, 6.07) is 16.1. The van der Waals surface area contributed by atoms with Gasteiger partial charge < -0.3 is 30.1 Å². The molecule has 170 valence electrons. The maximum Gasteiger partial charge on any atom is 0.191 e. The molecule has 0 aliphatic carbocycles. The highest BCUT2D eigenvalue weighted by atomic mass is 127. The lowest BCUT2D eigenvalue weighted by molar-refractivity contribution is 0.182. The van der Waals surface area contributed by atoms with Gasteiger partial charge in [-0.05, 0) is 43.7 Å². The molecule has 1 aliphatic rings. The van der Waals surface area contributed by atoms with Gasteiger partial charge in [0.2, 0.25) is 0 Å². The quantitative estimate of drug-likeness (QED) is 0.271. The van der Waals surface area contributed by atoms with E-state index < -0.39 is 6.10 Å². The van der Waals surface area contributed by atoms with E-state index in [1.165, 1.54) is 5.69 Å². The molecule has 2 atom stereocenters. The van der Waals surface area contributed by atoms with E-state index in [1.807, 2.05) is 19.1 Å². The summed E-state index contributed by atoms with van der Waals surface area (Å²) in [4.78, 5) is 6.98. The Bertz CT molecular complexity index is 835. The van der Waals surface area contributed by atoms with Crippen LogP contribution in [0.4, 0.5) is 5.69 Å². The van der Waals surface area contributed by atoms with Crippen LogP contribution in [0.3, 0.4) is 0 Å². The third-order valence-corrected chi connectivity index (χ3v) is 5.21. The molecule has 2 aromatic rings. The third kappa shape index (κ3) is 6.90. The summed E-state index contributed by atoms with van der Waals surface area (Å²) in [7, 11) is 3.19. The Morgan fingerprint density at radius 2 is 1.97 bits per heavy atom. The van der Waals surface area contributed by atoms with Crippen molar-refractivity contribution in [3.8, 4) is 11.5 Å². The number of anilines is 1. The van der Waals surface area contributed by atoms with Crippen molar-refractivity contribution in [2.45, 2.75) is 25.5 Å². The van der Waals surface area contributed by atoms with Crippen LogP contribution >= 0.6 is 24.0 Å². The van der Waals surface area contributed by atoms with E-state index >= 15 is 0 Å². The summed E-state index contributed by atoms with van der Waals surface area (Å²) in [6.07, 6.45) is 0.237. The SMILES string of the molecule is CCNC(=NCC(O)c1cc(OC)ccc1OC)NC1CCN(c2ccccc2)C1.I. The highest BCUT2D eigenvalue weighted by molar-refractivity contribution is 14.0. The number of para-hydroxylation sites is 1. The van der Waals surface area contributed by atoms with Crippen LogP contribution in [0.1, 0.15) is 25.0 Å². The molecular formula is C23H33IN4O3. The van der Waals surface area contributed by atoms with Crippen molar-refractivity contribution in [2.75, 3.05) is 45.3 Å². The molecule has 1 heterocycles. The standard InChI is InChI=1S/C23H32N4O3.HI/c1-4-24-23(26-17-12-13-27(16-17)18-8-6-5-7-9-18)25-15-21(28)20-14-19(29-2)10-11-22(20)30-3;/h5-11,14,17,21,28H,4,12-13,15-16H2,1-3H3,(H2,24,25,26);1H. The Hall–Kier alpha value is -2.20. The van der Waals surface area contributed by atoms with Gasteiger partial charge in [-0.15, -0.1) is 24.0 Å². The minimum absolute atomic E-state index is 0. The molecule has 0 saturated carbocycles. The van der Waals surface area contributed by atoms with Crippen LogP contribution in [-0.2, 0) is 0 Å². The molecule has 8 heteroatoms. The first-order valence-corrected chi connectivity index (χ1v) is 10.4. The first-order valence-electron chi connectivity index (χ1n) is 10.4. The Labute approximate surface area is 201 Å². The topological polar surface area (TPSA) is 78.4 Å². The Morgan fingerprint density at radius 3 is 2.65 bits per heavy atom. The van der Waals surface area contributed by atoms with Gasteiger partial charge in [0.25, 0.3) is 0 Å². The maximum absolute atomic E-state index is 10.7. The van der Waals surface area contributed by atoms with Crippen molar-refractivity contribution in [3.05, 3.63) is 54.1 Å². The van der Waals surface area contributed by atoms with Crippen LogP contribution in [0, 0.1) is 0 Å². The van der Waals surface area contributed by atoms with Gasteiger partial charge in [0.15, 0.2) is 5.96 Å². The van der Waals surface area contributed by atoms with Gasteiger partial charge in [-0.3, -0.25) is 4.99 Å². The molecule has 0 amide bonds. The van der Waals surface area contributed by atoms with Crippen LogP contribution in [0.5, 0.6) is 11.5 Å². The number of nitrogens with zero attached hydrogens (tertiary/aromatic N) is 2. The summed E-state index contributed by atoms with van der Waals surface area (Å²) in [5.74, 6) is 2.00. The summed E-state index contributed by atoms with van der Waals surface area (Å²) < 4.78 is 10.7. The van der Waals surface area contributed by atoms with Crippen molar-refractivity contribution in [3.63, 3.8) is 0 Å². The average molecular weight is 540 g/mol. The lowest BCUT2D eigenvalue weighted by atomic mass is 10.1. The van der Waals surface area contributed by atoms with Gasteiger partial charge in [0, 0.05) is 36.9 Å². The normalized spacial score (nSPS) is 17.0. The minimum atomic E-state index is -0.796. The average Bonchev–Trinajstić information content (AvgIpc) is 3.26. The largest absolute Gasteiger partial charge is 0.497 e. The van der Waals surface area contributed by atoms with Crippen molar-refractivity contribution >= 4 is 35.6 Å². The molecule has 0 spiro atoms. The molecule has 1 fully saturated rings. The number of methoxy groups -OCH3 is 2. The molecule has 0 bridgehead atoms. The molecule has 7 nitrogen and oxygen atoms in total. The fraction of sp³-hybridized carbons (Fsp3) is 0.435. The second-order valence-electron chi connectivity index (χ2n) is 7.25. The Balaban J connectivity index is 0.00000341. The van der Waals surface area contributed by atoms with Gasteiger partial charge in [0.1, 0.15) is 17.6 Å². The lowest BCUT2D eigenvalue weighted by Crippen LogP contribution is -2.44. The first kappa shape index (κ1) is 25.1. The van der Waals surface area contributed by atoms with Crippen LogP contribution in [0.25, 0.3) is 0 Å². The number of hydrogen-bond acceptors (Lipinski definition) is 5. The van der Waals surface area contributed by atoms with E-state index in [2.05, 4.69) is 44.8 Å². The molecule has 2 aromatic carbocycles. The smallest absolute Gasteiger partial charge is 0.191 e. The van der Waals surface area contributed by atoms with E-state index in [1.54, 1.807) is 26.4 Å². The predicted octanol–water partition coefficient (Wildman–Crippen LogP) is 3.19. The zero-order chi connectivity index (χ0) is 21.3. The van der Waals surface area contributed by atoms with Gasteiger partial charge >= 0.3 is 0 Å². The number of rotatable bonds is 8. The highest BCUT2D eigenvalue weighted by Crippen LogP contribution is 2.29. The molecule has 0 aromatic heterocycles. The molecule has 1 aliphatic heterocycles. The van der Waals surface area contributed by atoms with Crippen LogP contribution < -0.4 is 25.0 Å². The van der Waals surface area contributed by atoms with Gasteiger partial charge in [-0.2, -0.15) is 0 Å². The van der Waals surface area contributed by atoms with Crippen molar-refractivity contribution in [1.29, 1.82) is 0 Å². The van der Waals surface area contributed by atoms with Gasteiger partial charge in [-0.25, -0.2) is 0 Å². The van der Waals surface area contributed by atoms with Crippen molar-refractivity contribution in [1.82, 2.24) is 10.6 Å². The Kier molecular flexibility index (Phi) is 10.2. The van der Waals surface area contributed by atoms with Gasteiger partial charge in [-0.1, -0.05) is 18.2 Å². The highest BCUT2D eigenvalue weighted by Gasteiger charge is 2.23. The monoisotopic (exact) mass is 540 g/mol. The van der Waals surface area contributed by atoms with Crippen molar-refractivity contribution in [2.24, 2.45) is 4.99 Å². The molecule has 1 saturated heterocycles. The van der Waals surface area contributed by atoms with E-state index in [4.69, 9.17) is 9.47 Å². The maximum atomic E-state index is 10.7. The zero-order valence-electron chi connectivity index (χ0n) is 18.4. The predicted molar refractivity (Wildman–Crippen MR) is 136 cm³/mol. The fourth-order valence-electron chi connectivity index (χ4n) is 3.64. The summed E-state index contributed by atoms with van der Waals surface area (Å²) in [5.41, 5.74) is 1.90. The van der Waals surface area contributed by atoms with E-state index in [0.29, 0.717) is 29.1 Å². The van der Waals surface area contributed by atoms with Gasteiger partial charge in [0.05, 0.1) is 20.8 Å². The third-order valence-electron chi connectivity index (χ3n) is 5.21. The number of aliphatic hydroxyl groups excluding tert-OH is 1. The molecule has 0 radical (unpaired) electrons. The number of hydrogen-bond donors (Lipinski definition) is 3. The zero-order valence-corrected chi connectivity index (χ0v) is 20.7. The fourth-order valence-corrected chi connectivity index (χ4v) is 3.64. The molecular weight excluding hydrogens is 507 g/mol. The summed E-state index contributed by atoms with van der Waals surface area (Å²) in [5, 5.41) is 17.5. The van der Waals surface area contributed by atoms with Crippen LogP contribution in [0.15, 0.2) is 53.5 Å². The number of ether oxygens (including phenoxy) is 2. The molecule has 31 heavy (non-hydrogen) atoms. The van der Waals surface area contributed by atoms with E-state index in [0.717, 1.165) is 26.1 Å². The number of aliphatic imine (C=N–C) groups is 1. The molecule has 2 unspecified atom stereocenters. The number of aliphatic hydroxyl groups is 1. The summed E-state index contributed by atoms with van der Waals surface area (Å²) in [6.45, 7) is 4.92. The minimum Gasteiger partial charge on any atom is -0.497 e. The van der Waals surface area contributed by atoms with Crippen molar-refractivity contribution < 1.29 is 14.6 Å². The number of nitrogens with one attached hydrogen (secondary N) is 2.